The Balaban J connectivity index is 2.23. The lowest BCUT2D eigenvalue weighted by Crippen LogP contribution is -2.12. The van der Waals surface area contributed by atoms with E-state index in [2.05, 4.69) is 21.2 Å². The maximum Gasteiger partial charge on any atom is 0.255 e. The lowest BCUT2D eigenvalue weighted by Gasteiger charge is -2.09. The Labute approximate surface area is 119 Å². The fourth-order valence-corrected chi connectivity index (χ4v) is 2.20. The van der Waals surface area contributed by atoms with Crippen molar-refractivity contribution in [2.45, 2.75) is 6.92 Å². The number of nitrogens with two attached hydrogens (primary N) is 1. The van der Waals surface area contributed by atoms with Gasteiger partial charge >= 0.3 is 0 Å². The highest BCUT2D eigenvalue weighted by Crippen LogP contribution is 2.25. The molecule has 0 aliphatic rings. The fraction of sp³-hybridized carbons (Fsp3) is 0.0714. The standard InChI is InChI=1S/C14H13BrN2O2/c1-8-2-4-12(10(15)6-8)17-14(19)9-3-5-13(18)11(16)7-9/h2-7,18H,16H2,1H3,(H,17,19). The van der Waals surface area contributed by atoms with Gasteiger partial charge in [0.1, 0.15) is 5.75 Å². The van der Waals surface area contributed by atoms with Gasteiger partial charge in [-0.1, -0.05) is 6.07 Å². The molecule has 0 fully saturated rings. The van der Waals surface area contributed by atoms with Crippen LogP contribution in [0.1, 0.15) is 15.9 Å². The molecule has 2 aromatic carbocycles. The second-order valence-electron chi connectivity index (χ2n) is 4.21. The Bertz CT molecular complexity index is 641. The van der Waals surface area contributed by atoms with E-state index in [1.807, 2.05) is 25.1 Å². The van der Waals surface area contributed by atoms with Crippen LogP contribution in [0, 0.1) is 6.92 Å². The molecular weight excluding hydrogens is 308 g/mol. The number of nitrogens with one attached hydrogen (secondary N) is 1. The number of aromatic hydroxyl groups is 1. The van der Waals surface area contributed by atoms with Crippen LogP contribution in [0.15, 0.2) is 40.9 Å². The number of carbonyl (C=O) groups excluding carboxylic acids is 1. The van der Waals surface area contributed by atoms with Gasteiger partial charge in [0.25, 0.3) is 5.91 Å². The number of phenols is 1. The van der Waals surface area contributed by atoms with Gasteiger partial charge in [0.15, 0.2) is 0 Å². The highest BCUT2D eigenvalue weighted by atomic mass is 79.9. The van der Waals surface area contributed by atoms with Crippen molar-refractivity contribution in [3.05, 3.63) is 52.0 Å². The number of aryl methyl sites for hydroxylation is 1. The number of hydrogen-bond donors (Lipinski definition) is 3. The molecule has 2 rings (SSSR count). The summed E-state index contributed by atoms with van der Waals surface area (Å²) in [6.07, 6.45) is 0. The summed E-state index contributed by atoms with van der Waals surface area (Å²) in [6, 6.07) is 10.00. The summed E-state index contributed by atoms with van der Waals surface area (Å²) in [5, 5.41) is 12.1. The van der Waals surface area contributed by atoms with Crippen LogP contribution >= 0.6 is 15.9 Å². The van der Waals surface area contributed by atoms with Crippen LogP contribution < -0.4 is 11.1 Å². The molecule has 0 spiro atoms. The van der Waals surface area contributed by atoms with Gasteiger partial charge in [-0.25, -0.2) is 0 Å². The van der Waals surface area contributed by atoms with Crippen molar-refractivity contribution in [1.29, 1.82) is 0 Å². The lowest BCUT2D eigenvalue weighted by atomic mass is 10.1. The van der Waals surface area contributed by atoms with Crippen molar-refractivity contribution in [1.82, 2.24) is 0 Å². The van der Waals surface area contributed by atoms with Crippen LogP contribution in [-0.4, -0.2) is 11.0 Å². The number of benzene rings is 2. The number of nitrogen functional groups attached to an aromatic ring is 1. The molecule has 0 aliphatic heterocycles. The molecule has 0 heterocycles. The zero-order valence-electron chi connectivity index (χ0n) is 10.3. The number of halogens is 1. The van der Waals surface area contributed by atoms with E-state index < -0.39 is 0 Å². The Kier molecular flexibility index (Phi) is 3.76. The maximum atomic E-state index is 12.0. The van der Waals surface area contributed by atoms with E-state index in [0.29, 0.717) is 11.3 Å². The van der Waals surface area contributed by atoms with Gasteiger partial charge in [0.05, 0.1) is 11.4 Å². The topological polar surface area (TPSA) is 75.3 Å². The van der Waals surface area contributed by atoms with Crippen molar-refractivity contribution >= 4 is 33.2 Å². The monoisotopic (exact) mass is 320 g/mol. The molecule has 19 heavy (non-hydrogen) atoms. The Morgan fingerprint density at radius 3 is 2.63 bits per heavy atom. The second-order valence-corrected chi connectivity index (χ2v) is 5.07. The molecule has 0 aromatic heterocycles. The van der Waals surface area contributed by atoms with Crippen molar-refractivity contribution in [2.24, 2.45) is 0 Å². The van der Waals surface area contributed by atoms with Crippen LogP contribution in [-0.2, 0) is 0 Å². The molecule has 0 bridgehead atoms. The zero-order chi connectivity index (χ0) is 14.0. The molecule has 0 aliphatic carbocycles. The molecule has 4 nitrogen and oxygen atoms in total. The quantitative estimate of drug-likeness (QED) is 0.587. The molecule has 98 valence electrons. The summed E-state index contributed by atoms with van der Waals surface area (Å²) in [4.78, 5) is 12.0. The minimum atomic E-state index is -0.281. The number of rotatable bonds is 2. The third-order valence-corrected chi connectivity index (χ3v) is 3.32. The van der Waals surface area contributed by atoms with Gasteiger partial charge in [0, 0.05) is 10.0 Å². The summed E-state index contributed by atoms with van der Waals surface area (Å²) in [5.41, 5.74) is 7.91. The van der Waals surface area contributed by atoms with Gasteiger partial charge in [-0.3, -0.25) is 4.79 Å². The van der Waals surface area contributed by atoms with Crippen molar-refractivity contribution in [2.75, 3.05) is 11.1 Å². The van der Waals surface area contributed by atoms with Crippen LogP contribution in [0.4, 0.5) is 11.4 Å². The highest BCUT2D eigenvalue weighted by molar-refractivity contribution is 9.10. The smallest absolute Gasteiger partial charge is 0.255 e. The lowest BCUT2D eigenvalue weighted by molar-refractivity contribution is 0.102. The Morgan fingerprint density at radius 1 is 1.26 bits per heavy atom. The normalized spacial score (nSPS) is 10.2. The second kappa shape index (κ2) is 5.32. The van der Waals surface area contributed by atoms with Crippen LogP contribution in [0.25, 0.3) is 0 Å². The summed E-state index contributed by atoms with van der Waals surface area (Å²) >= 11 is 3.39. The Hall–Kier alpha value is -2.01. The van der Waals surface area contributed by atoms with E-state index in [9.17, 15) is 9.90 Å². The molecule has 4 N–H and O–H groups in total. The molecule has 1 amide bonds. The maximum absolute atomic E-state index is 12.0. The van der Waals surface area contributed by atoms with E-state index in [4.69, 9.17) is 5.73 Å². The van der Waals surface area contributed by atoms with Gasteiger partial charge in [-0.2, -0.15) is 0 Å². The first-order valence-electron chi connectivity index (χ1n) is 5.63. The first kappa shape index (κ1) is 13.4. The number of amides is 1. The SMILES string of the molecule is Cc1ccc(NC(=O)c2ccc(O)c(N)c2)c(Br)c1. The van der Waals surface area contributed by atoms with E-state index in [-0.39, 0.29) is 17.3 Å². The molecule has 0 saturated carbocycles. The molecule has 5 heteroatoms. The first-order valence-corrected chi connectivity index (χ1v) is 6.42. The van der Waals surface area contributed by atoms with E-state index in [1.54, 1.807) is 0 Å². The average molecular weight is 321 g/mol. The van der Waals surface area contributed by atoms with Gasteiger partial charge in [-0.15, -0.1) is 0 Å². The predicted octanol–water partition coefficient (Wildman–Crippen LogP) is 3.30. The molecule has 2 aromatic rings. The summed E-state index contributed by atoms with van der Waals surface area (Å²) < 4.78 is 0.813. The molecule has 0 saturated heterocycles. The van der Waals surface area contributed by atoms with Crippen molar-refractivity contribution in [3.63, 3.8) is 0 Å². The van der Waals surface area contributed by atoms with E-state index >= 15 is 0 Å². The number of carbonyl (C=O) groups is 1. The van der Waals surface area contributed by atoms with Gasteiger partial charge in [0.2, 0.25) is 0 Å². The van der Waals surface area contributed by atoms with Gasteiger partial charge < -0.3 is 16.2 Å². The minimum Gasteiger partial charge on any atom is -0.506 e. The largest absolute Gasteiger partial charge is 0.506 e. The third-order valence-electron chi connectivity index (χ3n) is 2.66. The summed E-state index contributed by atoms with van der Waals surface area (Å²) in [7, 11) is 0. The first-order chi connectivity index (χ1) is 8.97. The average Bonchev–Trinajstić information content (AvgIpc) is 2.36. The minimum absolute atomic E-state index is 0.0342. The zero-order valence-corrected chi connectivity index (χ0v) is 11.9. The Morgan fingerprint density at radius 2 is 2.00 bits per heavy atom. The summed E-state index contributed by atoms with van der Waals surface area (Å²) in [6.45, 7) is 1.97. The number of anilines is 2. The van der Waals surface area contributed by atoms with E-state index in [0.717, 1.165) is 10.0 Å². The number of hydrogen-bond acceptors (Lipinski definition) is 3. The van der Waals surface area contributed by atoms with Crippen molar-refractivity contribution < 1.29 is 9.90 Å². The van der Waals surface area contributed by atoms with Crippen LogP contribution in [0.3, 0.4) is 0 Å². The summed E-state index contributed by atoms with van der Waals surface area (Å²) in [5.74, 6) is -0.315. The molecular formula is C14H13BrN2O2. The predicted molar refractivity (Wildman–Crippen MR) is 79.4 cm³/mol. The van der Waals surface area contributed by atoms with Crippen molar-refractivity contribution in [3.8, 4) is 5.75 Å². The molecule has 0 atom stereocenters. The molecule has 0 radical (unpaired) electrons. The fourth-order valence-electron chi connectivity index (χ4n) is 1.61. The van der Waals surface area contributed by atoms with Gasteiger partial charge in [-0.05, 0) is 58.7 Å². The molecule has 0 unspecified atom stereocenters. The third kappa shape index (κ3) is 3.06. The van der Waals surface area contributed by atoms with Crippen LogP contribution in [0.2, 0.25) is 0 Å². The van der Waals surface area contributed by atoms with Crippen LogP contribution in [0.5, 0.6) is 5.75 Å². The number of phenolic OH excluding ortho intramolecular Hbond substituents is 1. The highest BCUT2D eigenvalue weighted by Gasteiger charge is 2.10. The van der Waals surface area contributed by atoms with E-state index in [1.165, 1.54) is 18.2 Å².